The maximum absolute atomic E-state index is 14.1. The van der Waals surface area contributed by atoms with Crippen LogP contribution in [0.3, 0.4) is 0 Å². The van der Waals surface area contributed by atoms with E-state index in [-0.39, 0.29) is 36.9 Å². The quantitative estimate of drug-likeness (QED) is 0.509. The second kappa shape index (κ2) is 9.39. The number of nitrogens with zero attached hydrogens (tertiary/aromatic N) is 3. The lowest BCUT2D eigenvalue weighted by atomic mass is 9.77. The van der Waals surface area contributed by atoms with Gasteiger partial charge >= 0.3 is 6.03 Å². The van der Waals surface area contributed by atoms with Gasteiger partial charge in [0.15, 0.2) is 0 Å². The van der Waals surface area contributed by atoms with Gasteiger partial charge in [-0.15, -0.1) is 11.3 Å². The van der Waals surface area contributed by atoms with Crippen LogP contribution in [0.2, 0.25) is 0 Å². The Labute approximate surface area is 218 Å². The van der Waals surface area contributed by atoms with Gasteiger partial charge in [0.1, 0.15) is 5.41 Å². The second-order valence-corrected chi connectivity index (χ2v) is 11.4. The third-order valence-electron chi connectivity index (χ3n) is 7.84. The molecule has 9 heteroatoms. The van der Waals surface area contributed by atoms with Crippen LogP contribution in [0.1, 0.15) is 28.5 Å². The highest BCUT2D eigenvalue weighted by molar-refractivity contribution is 7.09. The summed E-state index contributed by atoms with van der Waals surface area (Å²) in [5.74, 6) is -0.573. The molecule has 2 bridgehead atoms. The number of aromatic nitrogens is 1. The number of carbonyl (C=O) groups excluding carboxylic acids is 3. The number of carbonyl (C=O) groups is 3. The molecule has 5 heterocycles. The lowest BCUT2D eigenvalue weighted by Gasteiger charge is -2.47. The van der Waals surface area contributed by atoms with Crippen LogP contribution >= 0.6 is 11.3 Å². The fourth-order valence-electron chi connectivity index (χ4n) is 6.21. The van der Waals surface area contributed by atoms with Gasteiger partial charge in [0.25, 0.3) is 5.56 Å². The zero-order chi connectivity index (χ0) is 25.6. The molecule has 2 fully saturated rings. The Bertz CT molecular complexity index is 1400. The first kappa shape index (κ1) is 23.8. The number of fused-ring (bicyclic) bond motifs is 4. The maximum atomic E-state index is 14.1. The molecule has 6 rings (SSSR count). The van der Waals surface area contributed by atoms with Crippen LogP contribution in [0, 0.1) is 11.3 Å². The van der Waals surface area contributed by atoms with Crippen molar-refractivity contribution in [2.45, 2.75) is 31.8 Å². The van der Waals surface area contributed by atoms with Crippen molar-refractivity contribution in [1.82, 2.24) is 19.7 Å². The maximum Gasteiger partial charge on any atom is 0.331 e. The van der Waals surface area contributed by atoms with Crippen molar-refractivity contribution in [3.63, 3.8) is 0 Å². The van der Waals surface area contributed by atoms with E-state index in [1.54, 1.807) is 12.1 Å². The number of barbiturate groups is 1. The number of hydrogen-bond donors (Lipinski definition) is 1. The molecule has 8 nitrogen and oxygen atoms in total. The van der Waals surface area contributed by atoms with Gasteiger partial charge in [-0.1, -0.05) is 42.5 Å². The molecule has 0 saturated carbocycles. The van der Waals surface area contributed by atoms with Crippen molar-refractivity contribution < 1.29 is 14.4 Å². The number of thiophene rings is 1. The molecule has 0 spiro atoms. The molecular weight excluding hydrogens is 488 g/mol. The Morgan fingerprint density at radius 1 is 0.919 bits per heavy atom. The van der Waals surface area contributed by atoms with E-state index in [0.717, 1.165) is 22.6 Å². The Morgan fingerprint density at radius 3 is 2.54 bits per heavy atom. The Morgan fingerprint density at radius 2 is 1.76 bits per heavy atom. The van der Waals surface area contributed by atoms with Crippen molar-refractivity contribution in [2.75, 3.05) is 19.6 Å². The number of likely N-dealkylation sites (tertiary alicyclic amines) is 1. The number of imide groups is 2. The van der Waals surface area contributed by atoms with Crippen LogP contribution in [-0.2, 0) is 29.1 Å². The SMILES string of the molecule is O=C1NC(=O)[C@](Cc2cccs2)(CN2C[C@H]3C[C@@H](C2)c2cccc(=O)n2C3)C(=O)N1Cc1ccccc1. The molecule has 1 N–H and O–H groups in total. The third kappa shape index (κ3) is 4.32. The summed E-state index contributed by atoms with van der Waals surface area (Å²) >= 11 is 1.50. The number of piperidine rings is 1. The fraction of sp³-hybridized carbons (Fsp3) is 0.357. The number of pyridine rings is 1. The van der Waals surface area contributed by atoms with Crippen molar-refractivity contribution in [2.24, 2.45) is 11.3 Å². The van der Waals surface area contributed by atoms with E-state index < -0.39 is 23.3 Å². The van der Waals surface area contributed by atoms with Gasteiger partial charge in [-0.2, -0.15) is 0 Å². The summed E-state index contributed by atoms with van der Waals surface area (Å²) in [5.41, 5.74) is 0.433. The average Bonchev–Trinajstić information content (AvgIpc) is 3.40. The summed E-state index contributed by atoms with van der Waals surface area (Å²) in [6, 6.07) is 17.9. The van der Waals surface area contributed by atoms with E-state index in [0.29, 0.717) is 19.6 Å². The average molecular weight is 517 g/mol. The number of rotatable bonds is 6. The summed E-state index contributed by atoms with van der Waals surface area (Å²) in [7, 11) is 0. The fourth-order valence-corrected chi connectivity index (χ4v) is 7.03. The molecule has 0 unspecified atom stereocenters. The lowest BCUT2D eigenvalue weighted by molar-refractivity contribution is -0.154. The number of nitrogens with one attached hydrogen (secondary N) is 1. The molecule has 2 saturated heterocycles. The highest BCUT2D eigenvalue weighted by Gasteiger charge is 2.55. The van der Waals surface area contributed by atoms with E-state index in [1.807, 2.05) is 58.5 Å². The molecule has 0 aliphatic carbocycles. The molecule has 0 radical (unpaired) electrons. The lowest BCUT2D eigenvalue weighted by Crippen LogP contribution is -2.67. The van der Waals surface area contributed by atoms with Crippen molar-refractivity contribution in [1.29, 1.82) is 0 Å². The van der Waals surface area contributed by atoms with Crippen molar-refractivity contribution >= 4 is 29.2 Å². The smallest absolute Gasteiger partial charge is 0.312 e. The summed E-state index contributed by atoms with van der Waals surface area (Å²) in [6.45, 7) is 2.30. The summed E-state index contributed by atoms with van der Waals surface area (Å²) < 4.78 is 1.87. The normalized spacial score (nSPS) is 25.6. The van der Waals surface area contributed by atoms with Crippen LogP contribution in [0.4, 0.5) is 4.79 Å². The zero-order valence-corrected chi connectivity index (χ0v) is 21.2. The van der Waals surface area contributed by atoms with E-state index in [2.05, 4.69) is 10.2 Å². The van der Waals surface area contributed by atoms with Gasteiger partial charge in [-0.25, -0.2) is 4.79 Å². The predicted molar refractivity (Wildman–Crippen MR) is 139 cm³/mol. The summed E-state index contributed by atoms with van der Waals surface area (Å²) in [5, 5.41) is 4.44. The van der Waals surface area contributed by atoms with Crippen molar-refractivity contribution in [3.8, 4) is 0 Å². The monoisotopic (exact) mass is 516 g/mol. The Balaban J connectivity index is 1.33. The highest BCUT2D eigenvalue weighted by Crippen LogP contribution is 2.39. The van der Waals surface area contributed by atoms with Crippen LogP contribution in [0.15, 0.2) is 70.8 Å². The van der Waals surface area contributed by atoms with Gasteiger partial charge in [-0.05, 0) is 35.4 Å². The second-order valence-electron chi connectivity index (χ2n) is 10.4. The molecular formula is C28H28N4O4S. The van der Waals surface area contributed by atoms with Gasteiger partial charge < -0.3 is 9.47 Å². The number of urea groups is 1. The van der Waals surface area contributed by atoms with Crippen LogP contribution < -0.4 is 10.9 Å². The van der Waals surface area contributed by atoms with E-state index >= 15 is 0 Å². The summed E-state index contributed by atoms with van der Waals surface area (Å²) in [4.78, 5) is 57.3. The van der Waals surface area contributed by atoms with E-state index in [9.17, 15) is 19.2 Å². The third-order valence-corrected chi connectivity index (χ3v) is 8.72. The molecule has 3 aromatic rings. The van der Waals surface area contributed by atoms with Crippen LogP contribution in [-0.4, -0.2) is 51.8 Å². The van der Waals surface area contributed by atoms with E-state index in [1.165, 1.54) is 16.2 Å². The number of hydrogen-bond acceptors (Lipinski definition) is 6. The highest BCUT2D eigenvalue weighted by atomic mass is 32.1. The minimum Gasteiger partial charge on any atom is -0.312 e. The zero-order valence-electron chi connectivity index (χ0n) is 20.3. The number of benzene rings is 1. The summed E-state index contributed by atoms with van der Waals surface area (Å²) in [6.07, 6.45) is 1.21. The minimum absolute atomic E-state index is 0.0201. The van der Waals surface area contributed by atoms with Crippen molar-refractivity contribution in [3.05, 3.63) is 92.5 Å². The molecule has 3 atom stereocenters. The molecule has 37 heavy (non-hydrogen) atoms. The first-order valence-electron chi connectivity index (χ1n) is 12.6. The largest absolute Gasteiger partial charge is 0.331 e. The Hall–Kier alpha value is -3.56. The van der Waals surface area contributed by atoms with Gasteiger partial charge in [0, 0.05) is 55.2 Å². The number of amides is 4. The molecule has 190 valence electrons. The molecule has 3 aliphatic rings. The molecule has 2 aromatic heterocycles. The molecule has 1 aromatic carbocycles. The first-order chi connectivity index (χ1) is 17.9. The van der Waals surface area contributed by atoms with Gasteiger partial charge in [-0.3, -0.25) is 24.6 Å². The topological polar surface area (TPSA) is 91.7 Å². The molecule has 4 amide bonds. The standard InChI is InChI=1S/C28H28N4O4S/c33-24-10-4-9-23-21-12-20(16-31(23)24)14-30(17-21)18-28(13-22-8-5-11-37-22)25(34)29-27(36)32(26(28)35)15-19-6-2-1-3-7-19/h1-11,20-21H,12-18H2,(H,29,34,36)/t20-,21+,28+/m1/s1. The van der Waals surface area contributed by atoms with Gasteiger partial charge in [0.05, 0.1) is 6.54 Å². The predicted octanol–water partition coefficient (Wildman–Crippen LogP) is 2.84. The Kier molecular flexibility index (Phi) is 6.04. The van der Waals surface area contributed by atoms with E-state index in [4.69, 9.17) is 0 Å². The first-order valence-corrected chi connectivity index (χ1v) is 13.5. The van der Waals surface area contributed by atoms with Gasteiger partial charge in [0.2, 0.25) is 11.8 Å². The molecule has 3 aliphatic heterocycles. The van der Waals surface area contributed by atoms with Crippen LogP contribution in [0.5, 0.6) is 0 Å². The van der Waals surface area contributed by atoms with Crippen LogP contribution in [0.25, 0.3) is 0 Å². The minimum atomic E-state index is -1.42.